The molecule has 3 nitrogen and oxygen atoms in total. The summed E-state index contributed by atoms with van der Waals surface area (Å²) in [5, 5.41) is 10.8. The molecule has 0 aromatic heterocycles. The maximum atomic E-state index is 10.2. The number of ether oxygens (including phenoxy) is 2. The molecule has 2 unspecified atom stereocenters. The summed E-state index contributed by atoms with van der Waals surface area (Å²) in [5.41, 5.74) is 0.824. The fourth-order valence-electron chi connectivity index (χ4n) is 2.26. The van der Waals surface area contributed by atoms with Crippen molar-refractivity contribution in [3.05, 3.63) is 28.8 Å². The highest BCUT2D eigenvalue weighted by molar-refractivity contribution is 6.32. The van der Waals surface area contributed by atoms with E-state index < -0.39 is 6.10 Å². The molecule has 0 spiro atoms. The largest absolute Gasteiger partial charge is 0.495 e. The third-order valence-electron chi connectivity index (χ3n) is 3.32. The fourth-order valence-corrected chi connectivity index (χ4v) is 2.46. The van der Waals surface area contributed by atoms with Crippen LogP contribution < -0.4 is 4.74 Å². The molecule has 1 aliphatic heterocycles. The summed E-state index contributed by atoms with van der Waals surface area (Å²) >= 11 is 5.96. The lowest BCUT2D eigenvalue weighted by Gasteiger charge is -2.25. The summed E-state index contributed by atoms with van der Waals surface area (Å²) in [5.74, 6) is 0.595. The van der Waals surface area contributed by atoms with Gasteiger partial charge in [0.2, 0.25) is 0 Å². The van der Waals surface area contributed by atoms with Crippen LogP contribution in [0, 0.1) is 0 Å². The smallest absolute Gasteiger partial charge is 0.137 e. The maximum Gasteiger partial charge on any atom is 0.137 e. The quantitative estimate of drug-likeness (QED) is 0.912. The molecule has 0 saturated carbocycles. The Balaban J connectivity index is 2.01. The number of rotatable bonds is 4. The predicted octanol–water partition coefficient (Wildman–Crippen LogP) is 3.34. The van der Waals surface area contributed by atoms with Gasteiger partial charge in [0.15, 0.2) is 0 Å². The summed E-state index contributed by atoms with van der Waals surface area (Å²) < 4.78 is 10.8. The topological polar surface area (TPSA) is 38.7 Å². The SMILES string of the molecule is COc1cc(C(O)CC2CCCCO2)ccc1Cl. The van der Waals surface area contributed by atoms with Crippen LogP contribution in [-0.4, -0.2) is 24.9 Å². The lowest BCUT2D eigenvalue weighted by Crippen LogP contribution is -2.21. The molecule has 0 bridgehead atoms. The van der Waals surface area contributed by atoms with E-state index in [0.29, 0.717) is 17.2 Å². The molecule has 2 atom stereocenters. The number of aliphatic hydroxyl groups is 1. The zero-order valence-corrected chi connectivity index (χ0v) is 11.3. The average Bonchev–Trinajstić information content (AvgIpc) is 2.40. The van der Waals surface area contributed by atoms with Crippen molar-refractivity contribution in [1.82, 2.24) is 0 Å². The molecule has 0 aliphatic carbocycles. The molecule has 0 amide bonds. The van der Waals surface area contributed by atoms with Gasteiger partial charge in [-0.05, 0) is 37.0 Å². The van der Waals surface area contributed by atoms with E-state index in [-0.39, 0.29) is 6.10 Å². The van der Waals surface area contributed by atoms with E-state index >= 15 is 0 Å². The fraction of sp³-hybridized carbons (Fsp3) is 0.571. The van der Waals surface area contributed by atoms with Gasteiger partial charge >= 0.3 is 0 Å². The van der Waals surface area contributed by atoms with Crippen molar-refractivity contribution in [2.75, 3.05) is 13.7 Å². The molecule has 1 aliphatic rings. The van der Waals surface area contributed by atoms with E-state index in [1.165, 1.54) is 6.42 Å². The van der Waals surface area contributed by atoms with Gasteiger partial charge in [-0.3, -0.25) is 0 Å². The minimum atomic E-state index is -0.528. The van der Waals surface area contributed by atoms with E-state index in [2.05, 4.69) is 0 Å². The van der Waals surface area contributed by atoms with Gasteiger partial charge in [-0.2, -0.15) is 0 Å². The first-order valence-corrected chi connectivity index (χ1v) is 6.71. The molecule has 1 aromatic rings. The lowest BCUT2D eigenvalue weighted by atomic mass is 9.99. The standard InChI is InChI=1S/C14H19ClO3/c1-17-14-8-10(5-6-12(14)15)13(16)9-11-4-2-3-7-18-11/h5-6,8,11,13,16H,2-4,7,9H2,1H3. The molecule has 4 heteroatoms. The molecule has 2 rings (SSSR count). The lowest BCUT2D eigenvalue weighted by molar-refractivity contribution is -0.0155. The second-order valence-electron chi connectivity index (χ2n) is 4.63. The van der Waals surface area contributed by atoms with Gasteiger partial charge in [0, 0.05) is 13.0 Å². The molecule has 100 valence electrons. The zero-order valence-electron chi connectivity index (χ0n) is 10.6. The van der Waals surface area contributed by atoms with Gasteiger partial charge in [-0.15, -0.1) is 0 Å². The summed E-state index contributed by atoms with van der Waals surface area (Å²) in [6.07, 6.45) is 3.60. The van der Waals surface area contributed by atoms with E-state index in [0.717, 1.165) is 25.0 Å². The molecule has 18 heavy (non-hydrogen) atoms. The summed E-state index contributed by atoms with van der Waals surface area (Å²) in [6, 6.07) is 5.37. The molecule has 0 radical (unpaired) electrons. The Bertz CT molecular complexity index is 389. The summed E-state index contributed by atoms with van der Waals surface area (Å²) in [4.78, 5) is 0. The maximum absolute atomic E-state index is 10.2. The van der Waals surface area contributed by atoms with Crippen LogP contribution in [-0.2, 0) is 4.74 Å². The first kappa shape index (κ1) is 13.7. The van der Waals surface area contributed by atoms with Crippen molar-refractivity contribution in [3.63, 3.8) is 0 Å². The summed E-state index contributed by atoms with van der Waals surface area (Å²) in [6.45, 7) is 0.807. The minimum absolute atomic E-state index is 0.162. The van der Waals surface area contributed by atoms with Crippen molar-refractivity contribution in [2.45, 2.75) is 37.9 Å². The Hall–Kier alpha value is -0.770. The van der Waals surface area contributed by atoms with Crippen LogP contribution in [0.1, 0.15) is 37.4 Å². The van der Waals surface area contributed by atoms with E-state index in [4.69, 9.17) is 21.1 Å². The highest BCUT2D eigenvalue weighted by atomic mass is 35.5. The Kier molecular flexibility index (Phi) is 4.87. The van der Waals surface area contributed by atoms with E-state index in [1.807, 2.05) is 6.07 Å². The van der Waals surface area contributed by atoms with Crippen molar-refractivity contribution in [2.24, 2.45) is 0 Å². The van der Waals surface area contributed by atoms with Crippen LogP contribution in [0.25, 0.3) is 0 Å². The van der Waals surface area contributed by atoms with E-state index in [1.54, 1.807) is 19.2 Å². The minimum Gasteiger partial charge on any atom is -0.495 e. The van der Waals surface area contributed by atoms with Gasteiger partial charge in [-0.25, -0.2) is 0 Å². The molecule has 1 aromatic carbocycles. The number of methoxy groups -OCH3 is 1. The molecule has 1 heterocycles. The van der Waals surface area contributed by atoms with Crippen molar-refractivity contribution >= 4 is 11.6 Å². The zero-order chi connectivity index (χ0) is 13.0. The number of hydrogen-bond acceptors (Lipinski definition) is 3. The molecule has 1 saturated heterocycles. The average molecular weight is 271 g/mol. The first-order valence-electron chi connectivity index (χ1n) is 6.34. The van der Waals surface area contributed by atoms with Gasteiger partial charge in [0.05, 0.1) is 24.3 Å². The number of hydrogen-bond donors (Lipinski definition) is 1. The second-order valence-corrected chi connectivity index (χ2v) is 5.04. The monoisotopic (exact) mass is 270 g/mol. The Morgan fingerprint density at radius 1 is 1.50 bits per heavy atom. The Morgan fingerprint density at radius 2 is 2.33 bits per heavy atom. The van der Waals surface area contributed by atoms with Crippen LogP contribution in [0.2, 0.25) is 5.02 Å². The van der Waals surface area contributed by atoms with Gasteiger partial charge < -0.3 is 14.6 Å². The normalized spacial score (nSPS) is 21.6. The third kappa shape index (κ3) is 3.37. The van der Waals surface area contributed by atoms with Gasteiger partial charge in [0.25, 0.3) is 0 Å². The molecule has 1 N–H and O–H groups in total. The second kappa shape index (κ2) is 6.41. The summed E-state index contributed by atoms with van der Waals surface area (Å²) in [7, 11) is 1.57. The van der Waals surface area contributed by atoms with Crippen LogP contribution in [0.15, 0.2) is 18.2 Å². The first-order chi connectivity index (χ1) is 8.70. The molecular weight excluding hydrogens is 252 g/mol. The van der Waals surface area contributed by atoms with Gasteiger partial charge in [0.1, 0.15) is 5.75 Å². The van der Waals surface area contributed by atoms with Crippen LogP contribution >= 0.6 is 11.6 Å². The van der Waals surface area contributed by atoms with Crippen molar-refractivity contribution in [3.8, 4) is 5.75 Å². The van der Waals surface area contributed by atoms with Crippen LogP contribution in [0.4, 0.5) is 0 Å². The number of halogens is 1. The third-order valence-corrected chi connectivity index (χ3v) is 3.63. The molecule has 1 fully saturated rings. The highest BCUT2D eigenvalue weighted by Crippen LogP contribution is 2.30. The Morgan fingerprint density at radius 3 is 3.00 bits per heavy atom. The number of benzene rings is 1. The number of aliphatic hydroxyl groups excluding tert-OH is 1. The van der Waals surface area contributed by atoms with Crippen molar-refractivity contribution in [1.29, 1.82) is 0 Å². The molecular formula is C14H19ClO3. The highest BCUT2D eigenvalue weighted by Gasteiger charge is 2.19. The Labute approximate surface area is 113 Å². The van der Waals surface area contributed by atoms with Crippen LogP contribution in [0.3, 0.4) is 0 Å². The van der Waals surface area contributed by atoms with Crippen molar-refractivity contribution < 1.29 is 14.6 Å². The van der Waals surface area contributed by atoms with Gasteiger partial charge in [-0.1, -0.05) is 17.7 Å². The van der Waals surface area contributed by atoms with E-state index in [9.17, 15) is 5.11 Å². The van der Waals surface area contributed by atoms with Crippen LogP contribution in [0.5, 0.6) is 5.75 Å². The predicted molar refractivity (Wildman–Crippen MR) is 71.2 cm³/mol.